The van der Waals surface area contributed by atoms with Crippen LogP contribution in [0.3, 0.4) is 0 Å². The van der Waals surface area contributed by atoms with Gasteiger partial charge in [-0.2, -0.15) is 0 Å². The van der Waals surface area contributed by atoms with Crippen molar-refractivity contribution < 1.29 is 4.74 Å². The zero-order chi connectivity index (χ0) is 13.8. The minimum atomic E-state index is 0.542. The van der Waals surface area contributed by atoms with Gasteiger partial charge in [-0.05, 0) is 36.1 Å². The van der Waals surface area contributed by atoms with Crippen LogP contribution in [0.1, 0.15) is 24.0 Å². The molecule has 0 saturated heterocycles. The van der Waals surface area contributed by atoms with Crippen LogP contribution in [0.15, 0.2) is 48.5 Å². The second-order valence-corrected chi connectivity index (χ2v) is 5.60. The van der Waals surface area contributed by atoms with Crippen LogP contribution < -0.4 is 10.1 Å². The minimum Gasteiger partial charge on any atom is -0.487 e. The summed E-state index contributed by atoms with van der Waals surface area (Å²) in [5, 5.41) is 4.16. The van der Waals surface area contributed by atoms with E-state index < -0.39 is 0 Å². The molecule has 0 heterocycles. The molecule has 2 aromatic rings. The van der Waals surface area contributed by atoms with Crippen molar-refractivity contribution in [1.29, 1.82) is 0 Å². The van der Waals surface area contributed by atoms with Gasteiger partial charge < -0.3 is 10.1 Å². The molecule has 0 bridgehead atoms. The molecule has 3 heteroatoms. The van der Waals surface area contributed by atoms with Crippen LogP contribution in [0.5, 0.6) is 5.75 Å². The maximum atomic E-state index is 6.06. The number of hydrogen-bond acceptors (Lipinski definition) is 2. The van der Waals surface area contributed by atoms with Crippen LogP contribution in [0, 0.1) is 0 Å². The van der Waals surface area contributed by atoms with E-state index >= 15 is 0 Å². The molecular weight excluding hydrogens is 270 g/mol. The fourth-order valence-electron chi connectivity index (χ4n) is 2.03. The van der Waals surface area contributed by atoms with Crippen LogP contribution in [0.2, 0.25) is 5.02 Å². The Balaban J connectivity index is 1.53. The second kappa shape index (κ2) is 6.29. The van der Waals surface area contributed by atoms with Crippen molar-refractivity contribution in [3.8, 4) is 5.75 Å². The van der Waals surface area contributed by atoms with Gasteiger partial charge in [-0.15, -0.1) is 0 Å². The van der Waals surface area contributed by atoms with Crippen molar-refractivity contribution in [2.45, 2.75) is 32.0 Å². The van der Waals surface area contributed by atoms with E-state index in [1.54, 1.807) is 0 Å². The number of ether oxygens (including phenoxy) is 1. The highest BCUT2D eigenvalue weighted by Crippen LogP contribution is 2.24. The molecule has 2 aromatic carbocycles. The first-order valence-corrected chi connectivity index (χ1v) is 7.37. The van der Waals surface area contributed by atoms with Crippen LogP contribution in [-0.2, 0) is 13.2 Å². The van der Waals surface area contributed by atoms with E-state index in [1.165, 1.54) is 18.4 Å². The van der Waals surface area contributed by atoms with Gasteiger partial charge in [0.1, 0.15) is 12.4 Å². The van der Waals surface area contributed by atoms with Crippen LogP contribution >= 0.6 is 11.6 Å². The molecule has 104 valence electrons. The number of halogens is 1. The fourth-order valence-corrected chi connectivity index (χ4v) is 2.22. The van der Waals surface area contributed by atoms with E-state index in [0.29, 0.717) is 11.6 Å². The lowest BCUT2D eigenvalue weighted by Gasteiger charge is -2.09. The zero-order valence-electron chi connectivity index (χ0n) is 11.3. The third-order valence-electron chi connectivity index (χ3n) is 3.43. The van der Waals surface area contributed by atoms with E-state index in [-0.39, 0.29) is 0 Å². The Labute approximate surface area is 124 Å². The number of rotatable bonds is 6. The Morgan fingerprint density at radius 3 is 2.40 bits per heavy atom. The Hall–Kier alpha value is -1.51. The SMILES string of the molecule is Clc1ccccc1OCc1ccc(CNC2CC2)cc1. The molecule has 0 atom stereocenters. The van der Waals surface area contributed by atoms with Gasteiger partial charge in [0.2, 0.25) is 0 Å². The van der Waals surface area contributed by atoms with Gasteiger partial charge in [0, 0.05) is 12.6 Å². The average molecular weight is 288 g/mol. The Morgan fingerprint density at radius 1 is 1.00 bits per heavy atom. The minimum absolute atomic E-state index is 0.542. The summed E-state index contributed by atoms with van der Waals surface area (Å²) in [6, 6.07) is 16.8. The molecule has 1 N–H and O–H groups in total. The highest BCUT2D eigenvalue weighted by Gasteiger charge is 2.19. The summed E-state index contributed by atoms with van der Waals surface area (Å²) in [6.07, 6.45) is 2.65. The van der Waals surface area contributed by atoms with Gasteiger partial charge >= 0.3 is 0 Å². The van der Waals surface area contributed by atoms with E-state index in [0.717, 1.165) is 23.9 Å². The molecular formula is C17H18ClNO. The summed E-state index contributed by atoms with van der Waals surface area (Å²) < 4.78 is 5.72. The number of hydrogen-bond donors (Lipinski definition) is 1. The van der Waals surface area contributed by atoms with Crippen molar-refractivity contribution in [3.63, 3.8) is 0 Å². The summed E-state index contributed by atoms with van der Waals surface area (Å²) in [7, 11) is 0. The Kier molecular flexibility index (Phi) is 4.24. The van der Waals surface area contributed by atoms with Gasteiger partial charge in [0.05, 0.1) is 5.02 Å². The van der Waals surface area contributed by atoms with Gasteiger partial charge in [-0.1, -0.05) is 48.0 Å². The highest BCUT2D eigenvalue weighted by atomic mass is 35.5. The van der Waals surface area contributed by atoms with Gasteiger partial charge in [-0.3, -0.25) is 0 Å². The lowest BCUT2D eigenvalue weighted by atomic mass is 10.1. The maximum Gasteiger partial charge on any atom is 0.138 e. The van der Waals surface area contributed by atoms with Crippen LogP contribution in [-0.4, -0.2) is 6.04 Å². The predicted molar refractivity (Wildman–Crippen MR) is 82.1 cm³/mol. The largest absolute Gasteiger partial charge is 0.487 e. The molecule has 2 nitrogen and oxygen atoms in total. The summed E-state index contributed by atoms with van der Waals surface area (Å²) in [6.45, 7) is 1.50. The summed E-state index contributed by atoms with van der Waals surface area (Å²) in [5.41, 5.74) is 2.47. The lowest BCUT2D eigenvalue weighted by Crippen LogP contribution is -2.15. The van der Waals surface area contributed by atoms with Crippen molar-refractivity contribution in [2.24, 2.45) is 0 Å². The Morgan fingerprint density at radius 2 is 1.70 bits per heavy atom. The fraction of sp³-hybridized carbons (Fsp3) is 0.294. The quantitative estimate of drug-likeness (QED) is 0.861. The molecule has 0 spiro atoms. The van der Waals surface area contributed by atoms with Crippen molar-refractivity contribution >= 4 is 11.6 Å². The molecule has 1 aliphatic carbocycles. The monoisotopic (exact) mass is 287 g/mol. The first kappa shape index (κ1) is 13.5. The van der Waals surface area contributed by atoms with E-state index in [1.807, 2.05) is 24.3 Å². The average Bonchev–Trinajstić information content (AvgIpc) is 3.30. The third-order valence-corrected chi connectivity index (χ3v) is 3.74. The third kappa shape index (κ3) is 3.75. The van der Waals surface area contributed by atoms with Crippen LogP contribution in [0.25, 0.3) is 0 Å². The summed E-state index contributed by atoms with van der Waals surface area (Å²) in [5.74, 6) is 0.730. The molecule has 0 unspecified atom stereocenters. The molecule has 3 rings (SSSR count). The summed E-state index contributed by atoms with van der Waals surface area (Å²) in [4.78, 5) is 0. The molecule has 0 aromatic heterocycles. The van der Waals surface area contributed by atoms with E-state index in [9.17, 15) is 0 Å². The Bertz CT molecular complexity index is 563. The molecule has 1 saturated carbocycles. The lowest BCUT2D eigenvalue weighted by molar-refractivity contribution is 0.306. The predicted octanol–water partition coefficient (Wildman–Crippen LogP) is 4.17. The molecule has 0 radical (unpaired) electrons. The van der Waals surface area contributed by atoms with Crippen molar-refractivity contribution in [2.75, 3.05) is 0 Å². The first-order chi connectivity index (χ1) is 9.81. The van der Waals surface area contributed by atoms with E-state index in [2.05, 4.69) is 29.6 Å². The molecule has 1 fully saturated rings. The highest BCUT2D eigenvalue weighted by molar-refractivity contribution is 6.32. The number of benzene rings is 2. The smallest absolute Gasteiger partial charge is 0.138 e. The first-order valence-electron chi connectivity index (χ1n) is 7.00. The topological polar surface area (TPSA) is 21.3 Å². The van der Waals surface area contributed by atoms with Gasteiger partial charge in [-0.25, -0.2) is 0 Å². The van der Waals surface area contributed by atoms with Crippen molar-refractivity contribution in [3.05, 3.63) is 64.7 Å². The zero-order valence-corrected chi connectivity index (χ0v) is 12.1. The number of nitrogens with one attached hydrogen (secondary N) is 1. The molecule has 0 amide bonds. The van der Waals surface area contributed by atoms with Crippen LogP contribution in [0.4, 0.5) is 0 Å². The number of para-hydroxylation sites is 1. The molecule has 20 heavy (non-hydrogen) atoms. The van der Waals surface area contributed by atoms with Gasteiger partial charge in [0.15, 0.2) is 0 Å². The standard InChI is InChI=1S/C17H18ClNO/c18-16-3-1-2-4-17(16)20-12-14-7-5-13(6-8-14)11-19-15-9-10-15/h1-8,15,19H,9-12H2. The molecule has 1 aliphatic rings. The van der Waals surface area contributed by atoms with Gasteiger partial charge in [0.25, 0.3) is 0 Å². The van der Waals surface area contributed by atoms with E-state index in [4.69, 9.17) is 16.3 Å². The second-order valence-electron chi connectivity index (χ2n) is 5.19. The summed E-state index contributed by atoms with van der Waals surface area (Å²) >= 11 is 6.06. The normalized spacial score (nSPS) is 14.2. The maximum absolute atomic E-state index is 6.06. The van der Waals surface area contributed by atoms with Crippen molar-refractivity contribution in [1.82, 2.24) is 5.32 Å². The molecule has 0 aliphatic heterocycles.